The van der Waals surface area contributed by atoms with Gasteiger partial charge in [0.25, 0.3) is 0 Å². The summed E-state index contributed by atoms with van der Waals surface area (Å²) in [5, 5.41) is 10.5. The van der Waals surface area contributed by atoms with Crippen molar-refractivity contribution >= 4 is 5.71 Å². The van der Waals surface area contributed by atoms with Gasteiger partial charge in [0.2, 0.25) is 0 Å². The molecule has 3 heteroatoms. The van der Waals surface area contributed by atoms with Gasteiger partial charge in [-0.2, -0.15) is 0 Å². The molecule has 0 aromatic carbocycles. The molecule has 0 fully saturated rings. The van der Waals surface area contributed by atoms with Crippen LogP contribution in [0.5, 0.6) is 0 Å². The van der Waals surface area contributed by atoms with Gasteiger partial charge in [0.1, 0.15) is 0 Å². The third kappa shape index (κ3) is 12.1. The standard InChI is InChI=1S/C6H15N.C3H7NO/c1-4-7(5-2)6-3;1-3(2)4-5/h4-6H2,1-3H3;5H,1-2H3. The van der Waals surface area contributed by atoms with Gasteiger partial charge >= 0.3 is 0 Å². The van der Waals surface area contributed by atoms with E-state index in [0.29, 0.717) is 5.71 Å². The molecule has 0 aromatic rings. The average Bonchev–Trinajstić information content (AvgIpc) is 2.09. The first-order valence-corrected chi connectivity index (χ1v) is 4.49. The lowest BCUT2D eigenvalue weighted by Crippen LogP contribution is -2.21. The zero-order valence-electron chi connectivity index (χ0n) is 8.96. The van der Waals surface area contributed by atoms with E-state index in [2.05, 4.69) is 30.8 Å². The normalized spacial score (nSPS) is 8.83. The molecule has 0 saturated carbocycles. The molecule has 0 aliphatic heterocycles. The smallest absolute Gasteiger partial charge is 0.0509 e. The van der Waals surface area contributed by atoms with Gasteiger partial charge in [-0.15, -0.1) is 0 Å². The Morgan fingerprint density at radius 3 is 1.33 bits per heavy atom. The minimum atomic E-state index is 0.685. The second-order valence-corrected chi connectivity index (χ2v) is 2.67. The molecule has 0 atom stereocenters. The lowest BCUT2D eigenvalue weighted by molar-refractivity contribution is 0.318. The van der Waals surface area contributed by atoms with Crippen molar-refractivity contribution in [3.8, 4) is 0 Å². The summed E-state index contributed by atoms with van der Waals surface area (Å²) < 4.78 is 0. The summed E-state index contributed by atoms with van der Waals surface area (Å²) >= 11 is 0. The number of oxime groups is 1. The first kappa shape index (κ1) is 14.0. The molecule has 0 bridgehead atoms. The zero-order chi connectivity index (χ0) is 9.98. The van der Waals surface area contributed by atoms with Crippen molar-refractivity contribution in [1.82, 2.24) is 4.90 Å². The fourth-order valence-electron chi connectivity index (χ4n) is 0.671. The Labute approximate surface area is 76.1 Å². The van der Waals surface area contributed by atoms with Crippen LogP contribution in [0, 0.1) is 0 Å². The SMILES string of the molecule is CC(C)=NO.CCN(CC)CC. The summed E-state index contributed by atoms with van der Waals surface area (Å²) in [6, 6.07) is 0. The Bertz CT molecular complexity index is 99.6. The molecule has 0 aliphatic carbocycles. The molecular formula is C9H22N2O. The highest BCUT2D eigenvalue weighted by atomic mass is 16.4. The van der Waals surface area contributed by atoms with Crippen LogP contribution in [-0.2, 0) is 0 Å². The van der Waals surface area contributed by atoms with Crippen LogP contribution in [-0.4, -0.2) is 35.5 Å². The fourth-order valence-corrected chi connectivity index (χ4v) is 0.671. The Hall–Kier alpha value is -0.570. The Kier molecular flexibility index (Phi) is 12.2. The highest BCUT2D eigenvalue weighted by Gasteiger charge is 1.89. The van der Waals surface area contributed by atoms with E-state index in [1.807, 2.05) is 0 Å². The molecule has 0 aromatic heterocycles. The van der Waals surface area contributed by atoms with Crippen LogP contribution in [0.15, 0.2) is 5.16 Å². The predicted octanol–water partition coefficient (Wildman–Crippen LogP) is 2.20. The first-order chi connectivity index (χ1) is 5.62. The fraction of sp³-hybridized carbons (Fsp3) is 0.889. The van der Waals surface area contributed by atoms with Gasteiger partial charge in [0, 0.05) is 0 Å². The number of rotatable bonds is 3. The van der Waals surface area contributed by atoms with E-state index in [4.69, 9.17) is 5.21 Å². The third-order valence-corrected chi connectivity index (χ3v) is 1.54. The quantitative estimate of drug-likeness (QED) is 0.404. The van der Waals surface area contributed by atoms with Gasteiger partial charge in [-0.25, -0.2) is 0 Å². The number of hydrogen-bond acceptors (Lipinski definition) is 3. The molecule has 0 heterocycles. The van der Waals surface area contributed by atoms with E-state index in [1.54, 1.807) is 13.8 Å². The van der Waals surface area contributed by atoms with Gasteiger partial charge < -0.3 is 10.1 Å². The van der Waals surface area contributed by atoms with Crippen molar-refractivity contribution in [1.29, 1.82) is 0 Å². The lowest BCUT2D eigenvalue weighted by Gasteiger charge is -2.13. The van der Waals surface area contributed by atoms with E-state index >= 15 is 0 Å². The average molecular weight is 174 g/mol. The van der Waals surface area contributed by atoms with Gasteiger partial charge in [-0.1, -0.05) is 25.9 Å². The second kappa shape index (κ2) is 10.4. The van der Waals surface area contributed by atoms with Crippen molar-refractivity contribution in [2.45, 2.75) is 34.6 Å². The molecule has 0 aliphatic rings. The zero-order valence-corrected chi connectivity index (χ0v) is 8.96. The van der Waals surface area contributed by atoms with Crippen molar-refractivity contribution < 1.29 is 5.21 Å². The lowest BCUT2D eigenvalue weighted by atomic mass is 10.5. The van der Waals surface area contributed by atoms with Crippen LogP contribution in [0.2, 0.25) is 0 Å². The number of hydrogen-bond donors (Lipinski definition) is 1. The molecule has 0 radical (unpaired) electrons. The Morgan fingerprint density at radius 2 is 1.33 bits per heavy atom. The van der Waals surface area contributed by atoms with Crippen molar-refractivity contribution in [2.75, 3.05) is 19.6 Å². The molecule has 1 N–H and O–H groups in total. The van der Waals surface area contributed by atoms with Gasteiger partial charge in [0.05, 0.1) is 5.71 Å². The van der Waals surface area contributed by atoms with E-state index in [0.717, 1.165) is 0 Å². The molecule has 0 rings (SSSR count). The molecule has 3 nitrogen and oxygen atoms in total. The topological polar surface area (TPSA) is 35.8 Å². The first-order valence-electron chi connectivity index (χ1n) is 4.49. The van der Waals surface area contributed by atoms with E-state index in [1.165, 1.54) is 19.6 Å². The van der Waals surface area contributed by atoms with Gasteiger partial charge in [-0.05, 0) is 33.5 Å². The molecular weight excluding hydrogens is 152 g/mol. The maximum absolute atomic E-state index is 7.73. The molecule has 0 saturated heterocycles. The minimum absolute atomic E-state index is 0.685. The van der Waals surface area contributed by atoms with Crippen molar-refractivity contribution in [2.24, 2.45) is 5.16 Å². The monoisotopic (exact) mass is 174 g/mol. The highest BCUT2D eigenvalue weighted by Crippen LogP contribution is 1.81. The number of nitrogens with zero attached hydrogens (tertiary/aromatic N) is 2. The summed E-state index contributed by atoms with van der Waals surface area (Å²) in [7, 11) is 0. The second-order valence-electron chi connectivity index (χ2n) is 2.67. The Balaban J connectivity index is 0. The maximum Gasteiger partial charge on any atom is 0.0509 e. The van der Waals surface area contributed by atoms with Crippen LogP contribution in [0.1, 0.15) is 34.6 Å². The van der Waals surface area contributed by atoms with Crippen LogP contribution >= 0.6 is 0 Å². The van der Waals surface area contributed by atoms with Crippen LogP contribution in [0.25, 0.3) is 0 Å². The Morgan fingerprint density at radius 1 is 1.08 bits per heavy atom. The summed E-state index contributed by atoms with van der Waals surface area (Å²) in [4.78, 5) is 2.38. The molecule has 74 valence electrons. The van der Waals surface area contributed by atoms with Crippen molar-refractivity contribution in [3.63, 3.8) is 0 Å². The highest BCUT2D eigenvalue weighted by molar-refractivity contribution is 5.78. The molecule has 0 amide bonds. The van der Waals surface area contributed by atoms with Crippen LogP contribution in [0.4, 0.5) is 0 Å². The third-order valence-electron chi connectivity index (χ3n) is 1.54. The predicted molar refractivity (Wildman–Crippen MR) is 54.0 cm³/mol. The summed E-state index contributed by atoms with van der Waals surface area (Å²) in [5.41, 5.74) is 0.685. The van der Waals surface area contributed by atoms with Crippen LogP contribution in [0.3, 0.4) is 0 Å². The minimum Gasteiger partial charge on any atom is -0.411 e. The summed E-state index contributed by atoms with van der Waals surface area (Å²) in [5.74, 6) is 0. The van der Waals surface area contributed by atoms with E-state index < -0.39 is 0 Å². The molecule has 0 spiro atoms. The van der Waals surface area contributed by atoms with Gasteiger partial charge in [0.15, 0.2) is 0 Å². The maximum atomic E-state index is 7.73. The van der Waals surface area contributed by atoms with E-state index in [-0.39, 0.29) is 0 Å². The summed E-state index contributed by atoms with van der Waals surface area (Å²) in [6.45, 7) is 13.6. The van der Waals surface area contributed by atoms with Crippen LogP contribution < -0.4 is 0 Å². The molecule has 0 unspecified atom stereocenters. The molecule has 12 heavy (non-hydrogen) atoms. The van der Waals surface area contributed by atoms with Crippen molar-refractivity contribution in [3.05, 3.63) is 0 Å². The largest absolute Gasteiger partial charge is 0.411 e. The van der Waals surface area contributed by atoms with E-state index in [9.17, 15) is 0 Å². The van der Waals surface area contributed by atoms with Gasteiger partial charge in [-0.3, -0.25) is 0 Å². The summed E-state index contributed by atoms with van der Waals surface area (Å²) in [6.07, 6.45) is 0.